The molecule has 0 bridgehead atoms. The van der Waals surface area contributed by atoms with E-state index < -0.39 is 10.0 Å². The minimum Gasteiger partial charge on any atom is -0.337 e. The summed E-state index contributed by atoms with van der Waals surface area (Å²) in [6.07, 6.45) is 3.84. The van der Waals surface area contributed by atoms with E-state index in [9.17, 15) is 13.2 Å². The largest absolute Gasteiger partial charge is 0.337 e. The SMILES string of the molecule is O=C1CCCN1Cc1cn(C2CN(S(=O)(=O)CCc3ccccc3)C2)nn1. The molecule has 2 fully saturated rings. The second kappa shape index (κ2) is 7.40. The van der Waals surface area contributed by atoms with Crippen LogP contribution in [-0.2, 0) is 27.8 Å². The third-order valence-electron chi connectivity index (χ3n) is 5.17. The summed E-state index contributed by atoms with van der Waals surface area (Å²) in [4.78, 5) is 13.5. The van der Waals surface area contributed by atoms with Crippen LogP contribution in [0.3, 0.4) is 0 Å². The number of hydrogen-bond donors (Lipinski definition) is 0. The number of nitrogens with zero attached hydrogens (tertiary/aromatic N) is 5. The molecule has 3 heterocycles. The van der Waals surface area contributed by atoms with Crippen LogP contribution in [0.4, 0.5) is 0 Å². The van der Waals surface area contributed by atoms with E-state index >= 15 is 0 Å². The Kier molecular flexibility index (Phi) is 4.96. The van der Waals surface area contributed by atoms with Crippen LogP contribution >= 0.6 is 0 Å². The maximum atomic E-state index is 12.5. The molecule has 0 N–H and O–H groups in total. The summed E-state index contributed by atoms with van der Waals surface area (Å²) in [5.41, 5.74) is 1.77. The van der Waals surface area contributed by atoms with E-state index in [1.165, 1.54) is 4.31 Å². The van der Waals surface area contributed by atoms with Gasteiger partial charge in [0, 0.05) is 26.1 Å². The minimum absolute atomic E-state index is 0.00651. The third-order valence-corrected chi connectivity index (χ3v) is 6.97. The van der Waals surface area contributed by atoms with E-state index in [1.54, 1.807) is 9.58 Å². The summed E-state index contributed by atoms with van der Waals surface area (Å²) in [5.74, 6) is 0.271. The van der Waals surface area contributed by atoms with Crippen molar-refractivity contribution < 1.29 is 13.2 Å². The van der Waals surface area contributed by atoms with E-state index in [4.69, 9.17) is 0 Å². The highest BCUT2D eigenvalue weighted by Gasteiger charge is 2.37. The molecule has 1 aromatic heterocycles. The Labute approximate surface area is 158 Å². The van der Waals surface area contributed by atoms with Gasteiger partial charge in [-0.3, -0.25) is 4.79 Å². The van der Waals surface area contributed by atoms with Crippen molar-refractivity contribution in [2.45, 2.75) is 31.8 Å². The lowest BCUT2D eigenvalue weighted by atomic mass is 10.2. The van der Waals surface area contributed by atoms with Crippen molar-refractivity contribution in [3.8, 4) is 0 Å². The van der Waals surface area contributed by atoms with Gasteiger partial charge in [-0.15, -0.1) is 5.10 Å². The fourth-order valence-corrected chi connectivity index (χ4v) is 5.01. The van der Waals surface area contributed by atoms with Gasteiger partial charge in [-0.25, -0.2) is 13.1 Å². The average molecular weight is 389 g/mol. The van der Waals surface area contributed by atoms with Crippen LogP contribution in [-0.4, -0.2) is 63.9 Å². The standard InChI is InChI=1S/C18H23N5O3S/c24-18-7-4-9-21(18)11-16-12-23(20-19-16)17-13-22(14-17)27(25,26)10-8-15-5-2-1-3-6-15/h1-3,5-6,12,17H,4,7-11,13-14H2. The first-order chi connectivity index (χ1) is 13.0. The molecule has 0 saturated carbocycles. The van der Waals surface area contributed by atoms with Crippen LogP contribution in [0.25, 0.3) is 0 Å². The fraction of sp³-hybridized carbons (Fsp3) is 0.500. The Balaban J connectivity index is 1.29. The molecule has 0 spiro atoms. The first-order valence-corrected chi connectivity index (χ1v) is 10.8. The Morgan fingerprint density at radius 3 is 2.63 bits per heavy atom. The van der Waals surface area contributed by atoms with E-state index in [-0.39, 0.29) is 17.7 Å². The normalized spacial score (nSPS) is 18.8. The number of rotatable bonds is 7. The number of benzene rings is 1. The van der Waals surface area contributed by atoms with Gasteiger partial charge in [-0.1, -0.05) is 35.5 Å². The second-order valence-electron chi connectivity index (χ2n) is 7.13. The highest BCUT2D eigenvalue weighted by Crippen LogP contribution is 2.24. The minimum atomic E-state index is -3.26. The first kappa shape index (κ1) is 18.1. The van der Waals surface area contributed by atoms with Gasteiger partial charge < -0.3 is 4.90 Å². The molecule has 8 nitrogen and oxygen atoms in total. The molecule has 1 aromatic carbocycles. The predicted octanol–water partition coefficient (Wildman–Crippen LogP) is 0.830. The maximum absolute atomic E-state index is 12.5. The van der Waals surface area contributed by atoms with Gasteiger partial charge in [0.05, 0.1) is 24.5 Å². The number of sulfonamides is 1. The lowest BCUT2D eigenvalue weighted by Crippen LogP contribution is -2.51. The van der Waals surface area contributed by atoms with Gasteiger partial charge >= 0.3 is 0 Å². The zero-order valence-corrected chi connectivity index (χ0v) is 15.9. The Hall–Kier alpha value is -2.26. The molecule has 1 amide bonds. The van der Waals surface area contributed by atoms with E-state index in [1.807, 2.05) is 36.5 Å². The van der Waals surface area contributed by atoms with E-state index in [2.05, 4.69) is 10.3 Å². The molecule has 0 unspecified atom stereocenters. The van der Waals surface area contributed by atoms with Crippen LogP contribution < -0.4 is 0 Å². The molecular formula is C18H23N5O3S. The third kappa shape index (κ3) is 4.03. The molecule has 0 radical (unpaired) electrons. The van der Waals surface area contributed by atoms with Crippen molar-refractivity contribution in [2.24, 2.45) is 0 Å². The van der Waals surface area contributed by atoms with Crippen molar-refractivity contribution in [3.63, 3.8) is 0 Å². The van der Waals surface area contributed by atoms with Crippen molar-refractivity contribution in [1.29, 1.82) is 0 Å². The zero-order valence-electron chi connectivity index (χ0n) is 15.1. The van der Waals surface area contributed by atoms with Gasteiger partial charge in [-0.05, 0) is 18.4 Å². The lowest BCUT2D eigenvalue weighted by molar-refractivity contribution is -0.128. The van der Waals surface area contributed by atoms with Gasteiger partial charge in [0.2, 0.25) is 15.9 Å². The molecule has 2 saturated heterocycles. The highest BCUT2D eigenvalue weighted by molar-refractivity contribution is 7.89. The number of aromatic nitrogens is 3. The van der Waals surface area contributed by atoms with Crippen molar-refractivity contribution >= 4 is 15.9 Å². The Bertz CT molecular complexity index is 906. The molecule has 4 rings (SSSR count). The molecule has 27 heavy (non-hydrogen) atoms. The van der Waals surface area contributed by atoms with Crippen LogP contribution in [0.2, 0.25) is 0 Å². The lowest BCUT2D eigenvalue weighted by Gasteiger charge is -2.37. The van der Waals surface area contributed by atoms with Crippen LogP contribution in [0.5, 0.6) is 0 Å². The molecular weight excluding hydrogens is 366 g/mol. The zero-order chi connectivity index (χ0) is 18.9. The van der Waals surface area contributed by atoms with Crippen LogP contribution in [0.1, 0.15) is 30.1 Å². The topological polar surface area (TPSA) is 88.4 Å². The van der Waals surface area contributed by atoms with Gasteiger partial charge in [0.15, 0.2) is 0 Å². The quantitative estimate of drug-likeness (QED) is 0.700. The predicted molar refractivity (Wildman–Crippen MR) is 99.2 cm³/mol. The summed E-state index contributed by atoms with van der Waals surface area (Å²) >= 11 is 0. The van der Waals surface area contributed by atoms with Gasteiger partial charge in [0.25, 0.3) is 0 Å². The number of hydrogen-bond acceptors (Lipinski definition) is 5. The molecule has 0 atom stereocenters. The first-order valence-electron chi connectivity index (χ1n) is 9.21. The van der Waals surface area contributed by atoms with E-state index in [0.29, 0.717) is 32.5 Å². The van der Waals surface area contributed by atoms with Crippen LogP contribution in [0, 0.1) is 0 Å². The number of likely N-dealkylation sites (tertiary alicyclic amines) is 1. The smallest absolute Gasteiger partial charge is 0.222 e. The summed E-state index contributed by atoms with van der Waals surface area (Å²) in [6.45, 7) is 2.08. The van der Waals surface area contributed by atoms with E-state index in [0.717, 1.165) is 24.2 Å². The number of amides is 1. The monoisotopic (exact) mass is 389 g/mol. The van der Waals surface area contributed by atoms with Gasteiger partial charge in [0.1, 0.15) is 5.69 Å². The summed E-state index contributed by atoms with van der Waals surface area (Å²) < 4.78 is 28.2. The number of carbonyl (C=O) groups is 1. The molecule has 9 heteroatoms. The highest BCUT2D eigenvalue weighted by atomic mass is 32.2. The number of carbonyl (C=O) groups excluding carboxylic acids is 1. The van der Waals surface area contributed by atoms with Crippen LogP contribution in [0.15, 0.2) is 36.5 Å². The van der Waals surface area contributed by atoms with Crippen molar-refractivity contribution in [1.82, 2.24) is 24.2 Å². The van der Waals surface area contributed by atoms with Crippen molar-refractivity contribution in [2.75, 3.05) is 25.4 Å². The van der Waals surface area contributed by atoms with Gasteiger partial charge in [-0.2, -0.15) is 4.31 Å². The summed E-state index contributed by atoms with van der Waals surface area (Å²) in [6, 6.07) is 9.64. The molecule has 0 aliphatic carbocycles. The average Bonchev–Trinajstić information content (AvgIpc) is 3.23. The fourth-order valence-electron chi connectivity index (χ4n) is 3.46. The molecule has 144 valence electrons. The summed E-state index contributed by atoms with van der Waals surface area (Å²) in [7, 11) is -3.26. The molecule has 2 aromatic rings. The second-order valence-corrected chi connectivity index (χ2v) is 9.22. The molecule has 2 aliphatic rings. The Morgan fingerprint density at radius 2 is 1.93 bits per heavy atom. The van der Waals surface area contributed by atoms with Crippen molar-refractivity contribution in [3.05, 3.63) is 47.8 Å². The summed E-state index contributed by atoms with van der Waals surface area (Å²) in [5, 5.41) is 8.25. The molecule has 2 aliphatic heterocycles. The Morgan fingerprint density at radius 1 is 1.15 bits per heavy atom. The maximum Gasteiger partial charge on any atom is 0.222 e. The number of aryl methyl sites for hydroxylation is 1.